The first kappa shape index (κ1) is 15.3. The van der Waals surface area contributed by atoms with Gasteiger partial charge in [0.05, 0.1) is 11.3 Å². The fourth-order valence-electron chi connectivity index (χ4n) is 2.50. The molecule has 1 aliphatic rings. The van der Waals surface area contributed by atoms with E-state index in [1.165, 1.54) is 0 Å². The van der Waals surface area contributed by atoms with Gasteiger partial charge in [-0.1, -0.05) is 13.8 Å². The van der Waals surface area contributed by atoms with Crippen molar-refractivity contribution in [1.29, 1.82) is 0 Å². The first-order valence-corrected chi connectivity index (χ1v) is 7.45. The number of anilines is 1. The van der Waals surface area contributed by atoms with Gasteiger partial charge in [0.2, 0.25) is 5.91 Å². The Bertz CT molecular complexity index is 518. The maximum atomic E-state index is 12.8. The van der Waals surface area contributed by atoms with E-state index < -0.39 is 6.04 Å². The van der Waals surface area contributed by atoms with Gasteiger partial charge in [-0.15, -0.1) is 0 Å². The molecule has 1 aliphatic heterocycles. The fraction of sp³-hybridized carbons (Fsp3) is 0.533. The highest BCUT2D eigenvalue weighted by atomic mass is 16.2. The number of hydrogen-bond donors (Lipinski definition) is 2. The quantitative estimate of drug-likeness (QED) is 0.856. The summed E-state index contributed by atoms with van der Waals surface area (Å²) in [6, 6.07) is 1.40. The lowest BCUT2D eigenvalue weighted by atomic mass is 10.1. The molecule has 2 heterocycles. The zero-order chi connectivity index (χ0) is 15.2. The summed E-state index contributed by atoms with van der Waals surface area (Å²) in [5.41, 5.74) is 1.30. The Balaban J connectivity index is 2.24. The summed E-state index contributed by atoms with van der Waals surface area (Å²) in [5.74, 6) is -0.215. The van der Waals surface area contributed by atoms with E-state index in [4.69, 9.17) is 0 Å². The third-order valence-electron chi connectivity index (χ3n) is 3.60. The molecule has 2 rings (SSSR count). The Kier molecular flexibility index (Phi) is 5.14. The van der Waals surface area contributed by atoms with Crippen LogP contribution < -0.4 is 10.6 Å². The smallest absolute Gasteiger partial charge is 0.258 e. The lowest BCUT2D eigenvalue weighted by molar-refractivity contribution is -0.127. The molecule has 21 heavy (non-hydrogen) atoms. The molecule has 1 aromatic heterocycles. The molecule has 0 spiro atoms. The molecule has 0 aromatic carbocycles. The standard InChI is InChI=1S/C15H22N4O2/c1-3-6-17-12-5-7-16-10-11(12)15(21)19-9-8-18-14(20)13(19)4-2/h5,7,10,13H,3-4,6,8-9H2,1-2H3,(H,16,17)(H,18,20). The van der Waals surface area contributed by atoms with Gasteiger partial charge in [-0.05, 0) is 18.9 Å². The highest BCUT2D eigenvalue weighted by Gasteiger charge is 2.32. The van der Waals surface area contributed by atoms with Crippen molar-refractivity contribution >= 4 is 17.5 Å². The number of carbonyl (C=O) groups is 2. The minimum atomic E-state index is -0.398. The number of pyridine rings is 1. The topological polar surface area (TPSA) is 74.3 Å². The van der Waals surface area contributed by atoms with E-state index in [0.717, 1.165) is 18.7 Å². The van der Waals surface area contributed by atoms with E-state index in [2.05, 4.69) is 22.5 Å². The number of nitrogens with one attached hydrogen (secondary N) is 2. The lowest BCUT2D eigenvalue weighted by Gasteiger charge is -2.34. The van der Waals surface area contributed by atoms with Gasteiger partial charge in [-0.25, -0.2) is 0 Å². The van der Waals surface area contributed by atoms with Gasteiger partial charge in [-0.2, -0.15) is 0 Å². The second kappa shape index (κ2) is 7.06. The molecule has 6 nitrogen and oxygen atoms in total. The van der Waals surface area contributed by atoms with Gasteiger partial charge in [-0.3, -0.25) is 14.6 Å². The first-order chi connectivity index (χ1) is 10.2. The summed E-state index contributed by atoms with van der Waals surface area (Å²) in [4.78, 5) is 30.4. The second-order valence-corrected chi connectivity index (χ2v) is 5.06. The van der Waals surface area contributed by atoms with Crippen LogP contribution in [0, 0.1) is 0 Å². The van der Waals surface area contributed by atoms with Crippen LogP contribution in [-0.2, 0) is 4.79 Å². The minimum Gasteiger partial charge on any atom is -0.384 e. The van der Waals surface area contributed by atoms with Gasteiger partial charge < -0.3 is 15.5 Å². The van der Waals surface area contributed by atoms with Crippen molar-refractivity contribution in [2.24, 2.45) is 0 Å². The molecular formula is C15H22N4O2. The number of rotatable bonds is 5. The van der Waals surface area contributed by atoms with Gasteiger partial charge in [0.1, 0.15) is 6.04 Å². The van der Waals surface area contributed by atoms with Crippen LogP contribution in [-0.4, -0.2) is 47.4 Å². The maximum Gasteiger partial charge on any atom is 0.258 e. The summed E-state index contributed by atoms with van der Waals surface area (Å²) in [5, 5.41) is 6.04. The third-order valence-corrected chi connectivity index (χ3v) is 3.60. The Hall–Kier alpha value is -2.11. The largest absolute Gasteiger partial charge is 0.384 e. The molecule has 1 saturated heterocycles. The van der Waals surface area contributed by atoms with E-state index in [-0.39, 0.29) is 11.8 Å². The Morgan fingerprint density at radius 1 is 1.52 bits per heavy atom. The zero-order valence-electron chi connectivity index (χ0n) is 12.6. The number of amides is 2. The van der Waals surface area contributed by atoms with Crippen molar-refractivity contribution in [2.45, 2.75) is 32.7 Å². The third kappa shape index (κ3) is 3.32. The lowest BCUT2D eigenvalue weighted by Crippen LogP contribution is -2.57. The number of carbonyl (C=O) groups excluding carboxylic acids is 2. The van der Waals surface area contributed by atoms with Gasteiger partial charge >= 0.3 is 0 Å². The number of nitrogens with zero attached hydrogens (tertiary/aromatic N) is 2. The van der Waals surface area contributed by atoms with E-state index in [9.17, 15) is 9.59 Å². The van der Waals surface area contributed by atoms with Gasteiger partial charge in [0.15, 0.2) is 0 Å². The predicted molar refractivity (Wildman–Crippen MR) is 81.1 cm³/mol. The van der Waals surface area contributed by atoms with Crippen molar-refractivity contribution in [3.05, 3.63) is 24.0 Å². The highest BCUT2D eigenvalue weighted by Crippen LogP contribution is 2.19. The monoisotopic (exact) mass is 290 g/mol. The van der Waals surface area contributed by atoms with Crippen LogP contribution >= 0.6 is 0 Å². The first-order valence-electron chi connectivity index (χ1n) is 7.45. The summed E-state index contributed by atoms with van der Waals surface area (Å²) in [7, 11) is 0. The van der Waals surface area contributed by atoms with Crippen molar-refractivity contribution in [3.8, 4) is 0 Å². The summed E-state index contributed by atoms with van der Waals surface area (Å²) < 4.78 is 0. The molecular weight excluding hydrogens is 268 g/mol. The Morgan fingerprint density at radius 2 is 2.33 bits per heavy atom. The molecule has 1 fully saturated rings. The van der Waals surface area contributed by atoms with Crippen molar-refractivity contribution in [1.82, 2.24) is 15.2 Å². The van der Waals surface area contributed by atoms with Gasteiger partial charge in [0.25, 0.3) is 5.91 Å². The summed E-state index contributed by atoms with van der Waals surface area (Å²) in [6.07, 6.45) is 4.81. The van der Waals surface area contributed by atoms with E-state index in [1.807, 2.05) is 6.92 Å². The average Bonchev–Trinajstić information content (AvgIpc) is 2.52. The second-order valence-electron chi connectivity index (χ2n) is 5.06. The van der Waals surface area contributed by atoms with Crippen molar-refractivity contribution < 1.29 is 9.59 Å². The maximum absolute atomic E-state index is 12.8. The Labute approximate surface area is 124 Å². The van der Waals surface area contributed by atoms with Crippen LogP contribution in [0.25, 0.3) is 0 Å². The molecule has 0 saturated carbocycles. The molecule has 114 valence electrons. The molecule has 0 aliphatic carbocycles. The molecule has 2 amide bonds. The van der Waals surface area contributed by atoms with Crippen molar-refractivity contribution in [2.75, 3.05) is 25.0 Å². The van der Waals surface area contributed by atoms with Crippen LogP contribution in [0.15, 0.2) is 18.5 Å². The normalized spacial score (nSPS) is 18.3. The Morgan fingerprint density at radius 3 is 3.05 bits per heavy atom. The van der Waals surface area contributed by atoms with Crippen LogP contribution in [0.3, 0.4) is 0 Å². The van der Waals surface area contributed by atoms with Crippen LogP contribution in [0.4, 0.5) is 5.69 Å². The molecule has 1 aromatic rings. The van der Waals surface area contributed by atoms with E-state index >= 15 is 0 Å². The SMILES string of the molecule is CCCNc1ccncc1C(=O)N1CCNC(=O)C1CC. The molecule has 0 radical (unpaired) electrons. The van der Waals surface area contributed by atoms with E-state index in [0.29, 0.717) is 25.1 Å². The van der Waals surface area contributed by atoms with Crippen LogP contribution in [0.1, 0.15) is 37.0 Å². The molecule has 2 N–H and O–H groups in total. The molecule has 6 heteroatoms. The van der Waals surface area contributed by atoms with Gasteiger partial charge in [0, 0.05) is 32.0 Å². The number of aromatic nitrogens is 1. The molecule has 1 unspecified atom stereocenters. The predicted octanol–water partition coefficient (Wildman–Crippen LogP) is 1.25. The van der Waals surface area contributed by atoms with Crippen LogP contribution in [0.5, 0.6) is 0 Å². The minimum absolute atomic E-state index is 0.0796. The average molecular weight is 290 g/mol. The fourth-order valence-corrected chi connectivity index (χ4v) is 2.50. The summed E-state index contributed by atoms with van der Waals surface area (Å²) in [6.45, 7) is 5.80. The molecule has 0 bridgehead atoms. The number of hydrogen-bond acceptors (Lipinski definition) is 4. The molecule has 1 atom stereocenters. The number of piperazine rings is 1. The zero-order valence-corrected chi connectivity index (χ0v) is 12.6. The van der Waals surface area contributed by atoms with E-state index in [1.54, 1.807) is 23.4 Å². The summed E-state index contributed by atoms with van der Waals surface area (Å²) >= 11 is 0. The van der Waals surface area contributed by atoms with Crippen molar-refractivity contribution in [3.63, 3.8) is 0 Å². The van der Waals surface area contributed by atoms with Crippen LogP contribution in [0.2, 0.25) is 0 Å². The highest BCUT2D eigenvalue weighted by molar-refractivity contribution is 6.02.